The van der Waals surface area contributed by atoms with Crippen molar-refractivity contribution in [3.63, 3.8) is 0 Å². The highest BCUT2D eigenvalue weighted by molar-refractivity contribution is 7.09. The standard InChI is InChI=1S/C18H19N3O4S/c1-11(12-5-3-2-4-6-12)21-9-13(7-16(21)22)17(23)19-8-15-20-14(10-26-15)18(24)25/h2-6,10-11,13H,7-9H2,1H3,(H,19,23)(H,24,25). The van der Waals surface area contributed by atoms with Crippen molar-refractivity contribution in [2.24, 2.45) is 5.92 Å². The molecule has 0 radical (unpaired) electrons. The van der Waals surface area contributed by atoms with Gasteiger partial charge in [-0.05, 0) is 12.5 Å². The number of benzene rings is 1. The lowest BCUT2D eigenvalue weighted by Gasteiger charge is -2.25. The van der Waals surface area contributed by atoms with Gasteiger partial charge in [-0.3, -0.25) is 9.59 Å². The Hall–Kier alpha value is -2.74. The molecule has 3 rings (SSSR count). The molecule has 2 atom stereocenters. The van der Waals surface area contributed by atoms with Crippen molar-refractivity contribution in [1.82, 2.24) is 15.2 Å². The number of aromatic nitrogens is 1. The highest BCUT2D eigenvalue weighted by atomic mass is 32.1. The van der Waals surface area contributed by atoms with Crippen LogP contribution in [0.15, 0.2) is 35.7 Å². The minimum absolute atomic E-state index is 0.0295. The van der Waals surface area contributed by atoms with Gasteiger partial charge in [-0.15, -0.1) is 11.3 Å². The summed E-state index contributed by atoms with van der Waals surface area (Å²) in [6.07, 6.45) is 0.182. The van der Waals surface area contributed by atoms with E-state index in [-0.39, 0.29) is 36.5 Å². The highest BCUT2D eigenvalue weighted by Crippen LogP contribution is 2.28. The monoisotopic (exact) mass is 373 g/mol. The van der Waals surface area contributed by atoms with E-state index in [1.165, 1.54) is 16.7 Å². The number of hydrogen-bond donors (Lipinski definition) is 2. The molecule has 0 bridgehead atoms. The number of thiazole rings is 1. The van der Waals surface area contributed by atoms with Gasteiger partial charge in [0.15, 0.2) is 5.69 Å². The minimum Gasteiger partial charge on any atom is -0.476 e. The van der Waals surface area contributed by atoms with E-state index in [1.807, 2.05) is 37.3 Å². The van der Waals surface area contributed by atoms with Crippen molar-refractivity contribution in [2.45, 2.75) is 25.9 Å². The van der Waals surface area contributed by atoms with Crippen molar-refractivity contribution >= 4 is 29.1 Å². The predicted octanol–water partition coefficient (Wildman–Crippen LogP) is 2.07. The summed E-state index contributed by atoms with van der Waals surface area (Å²) in [7, 11) is 0. The summed E-state index contributed by atoms with van der Waals surface area (Å²) in [5.41, 5.74) is 1.00. The van der Waals surface area contributed by atoms with Crippen molar-refractivity contribution in [3.8, 4) is 0 Å². The number of carbonyl (C=O) groups excluding carboxylic acids is 2. The Morgan fingerprint density at radius 1 is 1.38 bits per heavy atom. The molecule has 136 valence electrons. The van der Waals surface area contributed by atoms with Crippen molar-refractivity contribution < 1.29 is 19.5 Å². The number of carboxylic acids is 1. The van der Waals surface area contributed by atoms with E-state index < -0.39 is 11.9 Å². The van der Waals surface area contributed by atoms with Gasteiger partial charge in [-0.1, -0.05) is 30.3 Å². The van der Waals surface area contributed by atoms with E-state index in [1.54, 1.807) is 4.90 Å². The molecule has 1 aliphatic heterocycles. The maximum absolute atomic E-state index is 12.4. The summed E-state index contributed by atoms with van der Waals surface area (Å²) >= 11 is 1.18. The smallest absolute Gasteiger partial charge is 0.355 e. The van der Waals surface area contributed by atoms with Gasteiger partial charge >= 0.3 is 5.97 Å². The number of nitrogens with zero attached hydrogens (tertiary/aromatic N) is 2. The van der Waals surface area contributed by atoms with Crippen LogP contribution in [0.25, 0.3) is 0 Å². The Kier molecular flexibility index (Phi) is 5.32. The molecular formula is C18H19N3O4S. The summed E-state index contributed by atoms with van der Waals surface area (Å²) in [4.78, 5) is 41.2. The fraction of sp³-hybridized carbons (Fsp3) is 0.333. The molecule has 2 unspecified atom stereocenters. The first-order chi connectivity index (χ1) is 12.5. The second-order valence-corrected chi connectivity index (χ2v) is 7.13. The number of nitrogens with one attached hydrogen (secondary N) is 1. The molecule has 8 heteroatoms. The molecule has 1 saturated heterocycles. The maximum Gasteiger partial charge on any atom is 0.355 e. The van der Waals surface area contributed by atoms with Crippen molar-refractivity contribution in [2.75, 3.05) is 6.54 Å². The van der Waals surface area contributed by atoms with E-state index in [0.717, 1.165) is 5.56 Å². The maximum atomic E-state index is 12.4. The zero-order valence-corrected chi connectivity index (χ0v) is 15.0. The van der Waals surface area contributed by atoms with Crippen LogP contribution in [0.2, 0.25) is 0 Å². The first-order valence-electron chi connectivity index (χ1n) is 8.25. The Labute approximate surface area is 154 Å². The van der Waals surface area contributed by atoms with Gasteiger partial charge in [0.05, 0.1) is 18.5 Å². The first-order valence-corrected chi connectivity index (χ1v) is 9.13. The second-order valence-electron chi connectivity index (χ2n) is 6.18. The lowest BCUT2D eigenvalue weighted by atomic mass is 10.1. The highest BCUT2D eigenvalue weighted by Gasteiger charge is 2.36. The summed E-state index contributed by atoms with van der Waals surface area (Å²) in [6.45, 7) is 2.49. The summed E-state index contributed by atoms with van der Waals surface area (Å²) in [5, 5.41) is 13.6. The quantitative estimate of drug-likeness (QED) is 0.807. The van der Waals surface area contributed by atoms with E-state index >= 15 is 0 Å². The van der Waals surface area contributed by atoms with Gasteiger partial charge in [0.2, 0.25) is 11.8 Å². The topological polar surface area (TPSA) is 99.6 Å². The molecule has 1 fully saturated rings. The van der Waals surface area contributed by atoms with Crippen LogP contribution in [-0.4, -0.2) is 39.3 Å². The Morgan fingerprint density at radius 2 is 2.12 bits per heavy atom. The third-order valence-corrected chi connectivity index (χ3v) is 5.31. The fourth-order valence-electron chi connectivity index (χ4n) is 2.99. The van der Waals surface area contributed by atoms with Crippen molar-refractivity contribution in [1.29, 1.82) is 0 Å². The summed E-state index contributed by atoms with van der Waals surface area (Å²) in [6, 6.07) is 9.62. The molecule has 26 heavy (non-hydrogen) atoms. The number of aromatic carboxylic acids is 1. The third kappa shape index (κ3) is 3.91. The Balaban J connectivity index is 1.57. The normalized spacial score (nSPS) is 18.0. The molecule has 7 nitrogen and oxygen atoms in total. The zero-order valence-electron chi connectivity index (χ0n) is 14.2. The molecule has 1 aliphatic rings. The van der Waals surface area contributed by atoms with Crippen LogP contribution < -0.4 is 5.32 Å². The van der Waals surface area contributed by atoms with Crippen LogP contribution in [0.3, 0.4) is 0 Å². The molecular weight excluding hydrogens is 354 g/mol. The average Bonchev–Trinajstić information content (AvgIpc) is 3.27. The van der Waals surface area contributed by atoms with Gasteiger partial charge in [0.25, 0.3) is 0 Å². The number of carbonyl (C=O) groups is 3. The predicted molar refractivity (Wildman–Crippen MR) is 95.6 cm³/mol. The fourth-order valence-corrected chi connectivity index (χ4v) is 3.70. The van der Waals surface area contributed by atoms with Crippen LogP contribution in [0.1, 0.15) is 40.4 Å². The number of likely N-dealkylation sites (tertiary alicyclic amines) is 1. The molecule has 1 aromatic heterocycles. The zero-order chi connectivity index (χ0) is 18.7. The lowest BCUT2D eigenvalue weighted by Crippen LogP contribution is -2.33. The minimum atomic E-state index is -1.09. The molecule has 0 aliphatic carbocycles. The number of carboxylic acid groups (broad SMARTS) is 1. The van der Waals surface area contributed by atoms with Crippen LogP contribution in [0.5, 0.6) is 0 Å². The van der Waals surface area contributed by atoms with E-state index in [2.05, 4.69) is 10.3 Å². The van der Waals surface area contributed by atoms with Crippen LogP contribution >= 0.6 is 11.3 Å². The summed E-state index contributed by atoms with van der Waals surface area (Å²) < 4.78 is 0. The Bertz CT molecular complexity index is 821. The average molecular weight is 373 g/mol. The largest absolute Gasteiger partial charge is 0.476 e. The molecule has 0 saturated carbocycles. The van der Waals surface area contributed by atoms with Crippen LogP contribution in [-0.2, 0) is 16.1 Å². The molecule has 2 aromatic rings. The molecule has 0 spiro atoms. The van der Waals surface area contributed by atoms with E-state index in [0.29, 0.717) is 11.6 Å². The van der Waals surface area contributed by atoms with E-state index in [9.17, 15) is 14.4 Å². The SMILES string of the molecule is CC(c1ccccc1)N1CC(C(=O)NCc2nc(C(=O)O)cs2)CC1=O. The molecule has 2 N–H and O–H groups in total. The summed E-state index contributed by atoms with van der Waals surface area (Å²) in [5.74, 6) is -1.75. The molecule has 2 amide bonds. The van der Waals surface area contributed by atoms with Crippen LogP contribution in [0.4, 0.5) is 0 Å². The number of amides is 2. The third-order valence-electron chi connectivity index (χ3n) is 4.46. The molecule has 2 heterocycles. The first kappa shape index (κ1) is 18.1. The van der Waals surface area contributed by atoms with Gasteiger partial charge < -0.3 is 15.3 Å². The van der Waals surface area contributed by atoms with Crippen molar-refractivity contribution in [3.05, 3.63) is 52.0 Å². The van der Waals surface area contributed by atoms with Crippen LogP contribution in [0, 0.1) is 5.92 Å². The Morgan fingerprint density at radius 3 is 2.77 bits per heavy atom. The van der Waals surface area contributed by atoms with Gasteiger partial charge in [0, 0.05) is 18.3 Å². The van der Waals surface area contributed by atoms with E-state index in [4.69, 9.17) is 5.11 Å². The van der Waals surface area contributed by atoms with Gasteiger partial charge in [0.1, 0.15) is 5.01 Å². The van der Waals surface area contributed by atoms with Gasteiger partial charge in [-0.2, -0.15) is 0 Å². The number of hydrogen-bond acceptors (Lipinski definition) is 5. The number of rotatable bonds is 6. The van der Waals surface area contributed by atoms with Gasteiger partial charge in [-0.25, -0.2) is 9.78 Å². The second kappa shape index (κ2) is 7.65. The molecule has 1 aromatic carbocycles. The lowest BCUT2D eigenvalue weighted by molar-refractivity contribution is -0.130.